The summed E-state index contributed by atoms with van der Waals surface area (Å²) in [7, 11) is 0. The third kappa shape index (κ3) is 3.21. The second-order valence-electron chi connectivity index (χ2n) is 5.43. The maximum atomic E-state index is 11.9. The Morgan fingerprint density at radius 3 is 2.56 bits per heavy atom. The number of rotatable bonds is 3. The summed E-state index contributed by atoms with van der Waals surface area (Å²) in [5.74, 6) is 1.15. The van der Waals surface area contributed by atoms with E-state index < -0.39 is 0 Å². The minimum Gasteiger partial charge on any atom is -0.341 e. The van der Waals surface area contributed by atoms with E-state index in [1.54, 1.807) is 0 Å². The van der Waals surface area contributed by atoms with E-state index in [1.807, 2.05) is 4.90 Å². The molecular formula is C13H24N2O. The van der Waals surface area contributed by atoms with E-state index in [4.69, 9.17) is 5.73 Å². The first-order valence-corrected chi connectivity index (χ1v) is 6.79. The average Bonchev–Trinajstić information content (AvgIpc) is 2.74. The van der Waals surface area contributed by atoms with E-state index in [-0.39, 0.29) is 6.04 Å². The number of amides is 1. The van der Waals surface area contributed by atoms with Gasteiger partial charge in [0.05, 0.1) is 0 Å². The van der Waals surface area contributed by atoms with Crippen LogP contribution in [0, 0.1) is 5.92 Å². The Balaban J connectivity index is 1.67. The van der Waals surface area contributed by atoms with Crippen molar-refractivity contribution in [2.75, 3.05) is 13.1 Å². The summed E-state index contributed by atoms with van der Waals surface area (Å²) >= 11 is 0. The lowest BCUT2D eigenvalue weighted by Crippen LogP contribution is -2.32. The average molecular weight is 224 g/mol. The van der Waals surface area contributed by atoms with Crippen molar-refractivity contribution in [3.05, 3.63) is 0 Å². The molecule has 0 bridgehead atoms. The fourth-order valence-corrected chi connectivity index (χ4v) is 2.98. The minimum absolute atomic E-state index is 0.221. The largest absolute Gasteiger partial charge is 0.341 e. The summed E-state index contributed by atoms with van der Waals surface area (Å²) in [5.41, 5.74) is 5.81. The molecule has 3 nitrogen and oxygen atoms in total. The minimum atomic E-state index is 0.221. The Labute approximate surface area is 98.4 Å². The van der Waals surface area contributed by atoms with Crippen LogP contribution in [0.25, 0.3) is 0 Å². The van der Waals surface area contributed by atoms with E-state index >= 15 is 0 Å². The van der Waals surface area contributed by atoms with Crippen LogP contribution in [0.15, 0.2) is 0 Å². The van der Waals surface area contributed by atoms with Gasteiger partial charge in [0.15, 0.2) is 0 Å². The van der Waals surface area contributed by atoms with Crippen molar-refractivity contribution >= 4 is 5.91 Å². The molecule has 2 aliphatic rings. The second-order valence-corrected chi connectivity index (χ2v) is 5.43. The predicted molar refractivity (Wildman–Crippen MR) is 65.0 cm³/mol. The summed E-state index contributed by atoms with van der Waals surface area (Å²) in [5, 5.41) is 0. The van der Waals surface area contributed by atoms with Crippen molar-refractivity contribution in [1.82, 2.24) is 4.90 Å². The lowest BCUT2D eigenvalue weighted by Gasteiger charge is -2.22. The molecule has 1 saturated heterocycles. The van der Waals surface area contributed by atoms with Gasteiger partial charge in [0.2, 0.25) is 5.91 Å². The molecule has 0 unspecified atom stereocenters. The van der Waals surface area contributed by atoms with Crippen LogP contribution in [0.2, 0.25) is 0 Å². The van der Waals surface area contributed by atoms with Gasteiger partial charge in [-0.1, -0.05) is 32.1 Å². The van der Waals surface area contributed by atoms with Crippen molar-refractivity contribution in [3.8, 4) is 0 Å². The molecule has 2 N–H and O–H groups in total. The molecule has 1 amide bonds. The van der Waals surface area contributed by atoms with Crippen molar-refractivity contribution < 1.29 is 4.79 Å². The second kappa shape index (κ2) is 5.67. The van der Waals surface area contributed by atoms with Crippen LogP contribution in [0.4, 0.5) is 0 Å². The van der Waals surface area contributed by atoms with Crippen molar-refractivity contribution in [2.45, 2.75) is 57.4 Å². The van der Waals surface area contributed by atoms with Crippen LogP contribution in [0.5, 0.6) is 0 Å². The molecule has 16 heavy (non-hydrogen) atoms. The van der Waals surface area contributed by atoms with Crippen LogP contribution < -0.4 is 5.73 Å². The third-order valence-electron chi connectivity index (χ3n) is 4.07. The zero-order chi connectivity index (χ0) is 11.4. The SMILES string of the molecule is N[C@H]1CCN(C(=O)CCC2CCCCC2)C1. The van der Waals surface area contributed by atoms with E-state index in [9.17, 15) is 4.79 Å². The van der Waals surface area contributed by atoms with Gasteiger partial charge in [0.25, 0.3) is 0 Å². The van der Waals surface area contributed by atoms with E-state index in [2.05, 4.69) is 0 Å². The van der Waals surface area contributed by atoms with Gasteiger partial charge in [-0.25, -0.2) is 0 Å². The first kappa shape index (κ1) is 11.9. The molecule has 92 valence electrons. The van der Waals surface area contributed by atoms with Crippen molar-refractivity contribution in [2.24, 2.45) is 11.7 Å². The van der Waals surface area contributed by atoms with Gasteiger partial charge in [-0.15, -0.1) is 0 Å². The Morgan fingerprint density at radius 2 is 1.94 bits per heavy atom. The molecule has 2 fully saturated rings. The molecule has 0 aromatic heterocycles. The summed E-state index contributed by atoms with van der Waals surface area (Å²) < 4.78 is 0. The van der Waals surface area contributed by atoms with Crippen LogP contribution >= 0.6 is 0 Å². The molecule has 1 heterocycles. The van der Waals surface area contributed by atoms with Gasteiger partial charge in [0.1, 0.15) is 0 Å². The first-order chi connectivity index (χ1) is 7.75. The van der Waals surface area contributed by atoms with E-state index in [1.165, 1.54) is 32.1 Å². The zero-order valence-electron chi connectivity index (χ0n) is 10.2. The van der Waals surface area contributed by atoms with E-state index in [0.717, 1.165) is 38.3 Å². The quantitative estimate of drug-likeness (QED) is 0.796. The van der Waals surface area contributed by atoms with Crippen LogP contribution in [-0.2, 0) is 4.79 Å². The number of carbonyl (C=O) groups excluding carboxylic acids is 1. The molecule has 2 rings (SSSR count). The van der Waals surface area contributed by atoms with Crippen LogP contribution in [0.3, 0.4) is 0 Å². The van der Waals surface area contributed by atoms with Gasteiger partial charge in [-0.2, -0.15) is 0 Å². The van der Waals surface area contributed by atoms with Gasteiger partial charge in [-0.05, 0) is 18.8 Å². The van der Waals surface area contributed by atoms with Crippen LogP contribution in [0.1, 0.15) is 51.4 Å². The van der Waals surface area contributed by atoms with Gasteiger partial charge in [0, 0.05) is 25.6 Å². The number of hydrogen-bond acceptors (Lipinski definition) is 2. The van der Waals surface area contributed by atoms with Gasteiger partial charge < -0.3 is 10.6 Å². The molecule has 0 spiro atoms. The fourth-order valence-electron chi connectivity index (χ4n) is 2.98. The number of nitrogens with two attached hydrogens (primary N) is 1. The monoisotopic (exact) mass is 224 g/mol. The summed E-state index contributed by atoms with van der Waals surface area (Å²) in [4.78, 5) is 13.9. The number of likely N-dealkylation sites (tertiary alicyclic amines) is 1. The third-order valence-corrected chi connectivity index (χ3v) is 4.07. The molecule has 0 aromatic rings. The maximum absolute atomic E-state index is 11.9. The topological polar surface area (TPSA) is 46.3 Å². The number of hydrogen-bond donors (Lipinski definition) is 1. The molecule has 1 aliphatic carbocycles. The predicted octanol–water partition coefficient (Wildman–Crippen LogP) is 1.91. The van der Waals surface area contributed by atoms with Gasteiger partial charge in [-0.3, -0.25) is 4.79 Å². The number of nitrogens with zero attached hydrogens (tertiary/aromatic N) is 1. The summed E-state index contributed by atoms with van der Waals surface area (Å²) in [6.45, 7) is 1.66. The highest BCUT2D eigenvalue weighted by Gasteiger charge is 2.24. The Hall–Kier alpha value is -0.570. The van der Waals surface area contributed by atoms with E-state index in [0.29, 0.717) is 5.91 Å². The van der Waals surface area contributed by atoms with Crippen molar-refractivity contribution in [1.29, 1.82) is 0 Å². The first-order valence-electron chi connectivity index (χ1n) is 6.79. The molecule has 1 atom stereocenters. The normalized spacial score (nSPS) is 27.3. The van der Waals surface area contributed by atoms with Crippen LogP contribution in [-0.4, -0.2) is 29.9 Å². The smallest absolute Gasteiger partial charge is 0.222 e. The lowest BCUT2D eigenvalue weighted by atomic mass is 9.86. The highest BCUT2D eigenvalue weighted by Crippen LogP contribution is 2.27. The Morgan fingerprint density at radius 1 is 1.19 bits per heavy atom. The molecular weight excluding hydrogens is 200 g/mol. The summed E-state index contributed by atoms with van der Waals surface area (Å²) in [6.07, 6.45) is 9.64. The maximum Gasteiger partial charge on any atom is 0.222 e. The highest BCUT2D eigenvalue weighted by atomic mass is 16.2. The Bertz CT molecular complexity index is 236. The molecule has 0 radical (unpaired) electrons. The molecule has 0 aromatic carbocycles. The number of carbonyl (C=O) groups is 1. The van der Waals surface area contributed by atoms with Gasteiger partial charge >= 0.3 is 0 Å². The lowest BCUT2D eigenvalue weighted by molar-refractivity contribution is -0.130. The summed E-state index contributed by atoms with van der Waals surface area (Å²) in [6, 6.07) is 0.221. The zero-order valence-corrected chi connectivity index (χ0v) is 10.2. The molecule has 3 heteroatoms. The Kier molecular flexibility index (Phi) is 4.22. The standard InChI is InChI=1S/C13H24N2O/c14-12-8-9-15(10-12)13(16)7-6-11-4-2-1-3-5-11/h11-12H,1-10,14H2/t12-/m0/s1. The van der Waals surface area contributed by atoms with Crippen molar-refractivity contribution in [3.63, 3.8) is 0 Å². The molecule has 1 aliphatic heterocycles. The fraction of sp³-hybridized carbons (Fsp3) is 0.923. The molecule has 1 saturated carbocycles. The highest BCUT2D eigenvalue weighted by molar-refractivity contribution is 5.76.